The summed E-state index contributed by atoms with van der Waals surface area (Å²) in [7, 11) is 0. The van der Waals surface area contributed by atoms with Gasteiger partial charge in [-0.25, -0.2) is 0 Å². The predicted molar refractivity (Wildman–Crippen MR) is 75.2 cm³/mol. The normalized spacial score (nSPS) is 19.0. The Morgan fingerprint density at radius 1 is 1.37 bits per heavy atom. The molecule has 2 rings (SSSR count). The summed E-state index contributed by atoms with van der Waals surface area (Å²) in [6.45, 7) is 6.96. The summed E-state index contributed by atoms with van der Waals surface area (Å²) in [5.74, 6) is 0.579. The maximum absolute atomic E-state index is 12.3. The number of hydrogen-bond acceptors (Lipinski definition) is 2. The number of carbonyl (C=O) groups excluding carboxylic acids is 2. The summed E-state index contributed by atoms with van der Waals surface area (Å²) < 4.78 is 0. The molecule has 1 fully saturated rings. The minimum atomic E-state index is 0.0475. The van der Waals surface area contributed by atoms with E-state index in [2.05, 4.69) is 6.92 Å². The van der Waals surface area contributed by atoms with E-state index in [0.29, 0.717) is 12.3 Å². The smallest absolute Gasteiger partial charge is 0.223 e. The van der Waals surface area contributed by atoms with Gasteiger partial charge in [0.2, 0.25) is 5.91 Å². The summed E-state index contributed by atoms with van der Waals surface area (Å²) in [6.07, 6.45) is 1.59. The van der Waals surface area contributed by atoms with Crippen molar-refractivity contribution in [3.8, 4) is 0 Å². The van der Waals surface area contributed by atoms with Crippen LogP contribution in [0.1, 0.15) is 41.3 Å². The van der Waals surface area contributed by atoms with E-state index >= 15 is 0 Å². The summed E-state index contributed by atoms with van der Waals surface area (Å²) in [6, 6.07) is 5.87. The molecule has 1 unspecified atom stereocenters. The van der Waals surface area contributed by atoms with Crippen molar-refractivity contribution in [1.82, 2.24) is 4.90 Å². The number of aryl methyl sites for hydroxylation is 2. The molecule has 3 heteroatoms. The lowest BCUT2D eigenvalue weighted by molar-refractivity contribution is -0.127. The van der Waals surface area contributed by atoms with Gasteiger partial charge in [0.1, 0.15) is 0 Å². The molecule has 0 saturated carbocycles. The third-order valence-electron chi connectivity index (χ3n) is 3.90. The van der Waals surface area contributed by atoms with Crippen molar-refractivity contribution in [2.45, 2.75) is 33.6 Å². The molecule has 102 valence electrons. The van der Waals surface area contributed by atoms with E-state index in [-0.39, 0.29) is 18.2 Å². The maximum Gasteiger partial charge on any atom is 0.223 e. The minimum Gasteiger partial charge on any atom is -0.335 e. The van der Waals surface area contributed by atoms with Gasteiger partial charge in [-0.15, -0.1) is 0 Å². The van der Waals surface area contributed by atoms with Crippen LogP contribution in [-0.4, -0.2) is 29.7 Å². The fourth-order valence-corrected chi connectivity index (χ4v) is 2.58. The van der Waals surface area contributed by atoms with Gasteiger partial charge in [-0.1, -0.05) is 31.0 Å². The zero-order chi connectivity index (χ0) is 14.0. The molecule has 0 aliphatic carbocycles. The van der Waals surface area contributed by atoms with Crippen LogP contribution in [0.3, 0.4) is 0 Å². The molecule has 0 radical (unpaired) electrons. The number of rotatable bonds is 4. The Hall–Kier alpha value is -1.64. The molecule has 1 saturated heterocycles. The van der Waals surface area contributed by atoms with Crippen molar-refractivity contribution < 1.29 is 9.59 Å². The standard InChI is InChI=1S/C16H21NO2/c1-4-13-8-16(19)17(9-13)10-15(18)14-7-11(2)5-6-12(14)3/h5-7,13H,4,8-10H2,1-3H3. The lowest BCUT2D eigenvalue weighted by Crippen LogP contribution is -2.31. The summed E-state index contributed by atoms with van der Waals surface area (Å²) in [5.41, 5.74) is 2.80. The molecule has 1 amide bonds. The Morgan fingerprint density at radius 2 is 2.11 bits per heavy atom. The van der Waals surface area contributed by atoms with E-state index in [1.807, 2.05) is 32.0 Å². The van der Waals surface area contributed by atoms with Crippen molar-refractivity contribution in [1.29, 1.82) is 0 Å². The molecule has 1 atom stereocenters. The first-order valence-electron chi connectivity index (χ1n) is 6.89. The number of carbonyl (C=O) groups is 2. The van der Waals surface area contributed by atoms with E-state index < -0.39 is 0 Å². The highest BCUT2D eigenvalue weighted by molar-refractivity contribution is 6.00. The Balaban J connectivity index is 2.09. The summed E-state index contributed by atoms with van der Waals surface area (Å²) in [5, 5.41) is 0. The second-order valence-corrected chi connectivity index (χ2v) is 5.49. The first-order valence-corrected chi connectivity index (χ1v) is 6.89. The van der Waals surface area contributed by atoms with Crippen LogP contribution in [0.2, 0.25) is 0 Å². The average Bonchev–Trinajstić information content (AvgIpc) is 2.73. The Kier molecular flexibility index (Phi) is 4.03. The van der Waals surface area contributed by atoms with Crippen molar-refractivity contribution in [2.75, 3.05) is 13.1 Å². The molecule has 1 aliphatic rings. The maximum atomic E-state index is 12.3. The van der Waals surface area contributed by atoms with Crippen LogP contribution < -0.4 is 0 Å². The predicted octanol–water partition coefficient (Wildman–Crippen LogP) is 2.74. The fraction of sp³-hybridized carbons (Fsp3) is 0.500. The third kappa shape index (κ3) is 3.03. The fourth-order valence-electron chi connectivity index (χ4n) is 2.58. The van der Waals surface area contributed by atoms with Crippen LogP contribution in [0.25, 0.3) is 0 Å². The topological polar surface area (TPSA) is 37.4 Å². The van der Waals surface area contributed by atoms with Crippen LogP contribution in [0.5, 0.6) is 0 Å². The first kappa shape index (κ1) is 13.8. The number of Topliss-reactive ketones (excluding diaryl/α,β-unsaturated/α-hetero) is 1. The minimum absolute atomic E-state index is 0.0475. The number of hydrogen-bond donors (Lipinski definition) is 0. The van der Waals surface area contributed by atoms with Gasteiger partial charge in [0, 0.05) is 18.5 Å². The molecular weight excluding hydrogens is 238 g/mol. The van der Waals surface area contributed by atoms with E-state index in [1.165, 1.54) is 0 Å². The number of amides is 1. The highest BCUT2D eigenvalue weighted by Gasteiger charge is 2.29. The number of ketones is 1. The monoisotopic (exact) mass is 259 g/mol. The largest absolute Gasteiger partial charge is 0.335 e. The van der Waals surface area contributed by atoms with E-state index in [1.54, 1.807) is 4.90 Å². The molecule has 0 spiro atoms. The van der Waals surface area contributed by atoms with Crippen LogP contribution in [0.15, 0.2) is 18.2 Å². The van der Waals surface area contributed by atoms with Crippen LogP contribution in [0.4, 0.5) is 0 Å². The molecule has 1 heterocycles. The Bertz CT molecular complexity index is 507. The molecular formula is C16H21NO2. The second-order valence-electron chi connectivity index (χ2n) is 5.49. The van der Waals surface area contributed by atoms with Gasteiger partial charge in [0.15, 0.2) is 5.78 Å². The van der Waals surface area contributed by atoms with Gasteiger partial charge < -0.3 is 4.90 Å². The number of likely N-dealkylation sites (tertiary alicyclic amines) is 1. The first-order chi connectivity index (χ1) is 9.01. The van der Waals surface area contributed by atoms with Crippen molar-refractivity contribution in [2.24, 2.45) is 5.92 Å². The van der Waals surface area contributed by atoms with Crippen molar-refractivity contribution in [3.05, 3.63) is 34.9 Å². The molecule has 1 aliphatic heterocycles. The van der Waals surface area contributed by atoms with Crippen LogP contribution >= 0.6 is 0 Å². The van der Waals surface area contributed by atoms with Gasteiger partial charge in [-0.2, -0.15) is 0 Å². The molecule has 1 aromatic rings. The van der Waals surface area contributed by atoms with Gasteiger partial charge in [-0.05, 0) is 31.4 Å². The van der Waals surface area contributed by atoms with E-state index in [9.17, 15) is 9.59 Å². The molecule has 0 bridgehead atoms. The second kappa shape index (κ2) is 5.55. The van der Waals surface area contributed by atoms with Gasteiger partial charge in [0.25, 0.3) is 0 Å². The van der Waals surface area contributed by atoms with Gasteiger partial charge in [-0.3, -0.25) is 9.59 Å². The molecule has 19 heavy (non-hydrogen) atoms. The highest BCUT2D eigenvalue weighted by atomic mass is 16.2. The van der Waals surface area contributed by atoms with Gasteiger partial charge >= 0.3 is 0 Å². The highest BCUT2D eigenvalue weighted by Crippen LogP contribution is 2.21. The van der Waals surface area contributed by atoms with Crippen molar-refractivity contribution >= 4 is 11.7 Å². The zero-order valence-corrected chi connectivity index (χ0v) is 11.9. The molecule has 0 aromatic heterocycles. The average molecular weight is 259 g/mol. The van der Waals surface area contributed by atoms with E-state index in [4.69, 9.17) is 0 Å². The lowest BCUT2D eigenvalue weighted by Gasteiger charge is -2.16. The third-order valence-corrected chi connectivity index (χ3v) is 3.90. The zero-order valence-electron chi connectivity index (χ0n) is 11.9. The van der Waals surface area contributed by atoms with Crippen LogP contribution in [0, 0.1) is 19.8 Å². The lowest BCUT2D eigenvalue weighted by atomic mass is 10.0. The quantitative estimate of drug-likeness (QED) is 0.780. The van der Waals surface area contributed by atoms with E-state index in [0.717, 1.165) is 29.7 Å². The van der Waals surface area contributed by atoms with Gasteiger partial charge in [0.05, 0.1) is 6.54 Å². The Labute approximate surface area is 114 Å². The number of benzene rings is 1. The summed E-state index contributed by atoms with van der Waals surface area (Å²) in [4.78, 5) is 25.9. The summed E-state index contributed by atoms with van der Waals surface area (Å²) >= 11 is 0. The number of nitrogens with zero attached hydrogens (tertiary/aromatic N) is 1. The molecule has 0 N–H and O–H groups in total. The Morgan fingerprint density at radius 3 is 2.74 bits per heavy atom. The van der Waals surface area contributed by atoms with Crippen LogP contribution in [-0.2, 0) is 4.79 Å². The van der Waals surface area contributed by atoms with Crippen molar-refractivity contribution in [3.63, 3.8) is 0 Å². The SMILES string of the molecule is CCC1CC(=O)N(CC(=O)c2cc(C)ccc2C)C1. The molecule has 1 aromatic carbocycles. The molecule has 3 nitrogen and oxygen atoms in total.